The van der Waals surface area contributed by atoms with Crippen molar-refractivity contribution in [1.29, 1.82) is 0 Å². The average molecular weight is 359 g/mol. The third-order valence-corrected chi connectivity index (χ3v) is 6.35. The number of hydrogen-bond donors (Lipinski definition) is 1. The van der Waals surface area contributed by atoms with E-state index in [0.717, 1.165) is 5.56 Å². The molecule has 0 aliphatic carbocycles. The maximum Gasteiger partial charge on any atom is 0.215 e. The number of ether oxygens (including phenoxy) is 1. The van der Waals surface area contributed by atoms with Gasteiger partial charge in [-0.2, -0.15) is 4.31 Å². The number of morpholine rings is 1. The van der Waals surface area contributed by atoms with Gasteiger partial charge in [-0.3, -0.25) is 0 Å². The minimum atomic E-state index is -3.23. The first-order valence-electron chi connectivity index (χ1n) is 7.87. The Kier molecular flexibility index (Phi) is 6.91. The number of sulfonamides is 1. The highest BCUT2D eigenvalue weighted by Gasteiger charge is 2.30. The second-order valence-electron chi connectivity index (χ2n) is 5.92. The molecule has 0 bridgehead atoms. The SMILES string of the molecule is CSc1ccc(CNCCS(=O)(=O)N2CC(C)OC(C)C2)cc1. The van der Waals surface area contributed by atoms with Crippen LogP contribution < -0.4 is 5.32 Å². The Morgan fingerprint density at radius 3 is 2.39 bits per heavy atom. The van der Waals surface area contributed by atoms with Crippen LogP contribution in [0.2, 0.25) is 0 Å². The van der Waals surface area contributed by atoms with Crippen LogP contribution >= 0.6 is 11.8 Å². The summed E-state index contributed by atoms with van der Waals surface area (Å²) in [5.74, 6) is 0.120. The van der Waals surface area contributed by atoms with Crippen molar-refractivity contribution in [1.82, 2.24) is 9.62 Å². The summed E-state index contributed by atoms with van der Waals surface area (Å²) in [4.78, 5) is 1.23. The summed E-state index contributed by atoms with van der Waals surface area (Å²) in [7, 11) is -3.23. The van der Waals surface area contributed by atoms with Crippen LogP contribution in [-0.4, -0.2) is 56.6 Å². The van der Waals surface area contributed by atoms with Crippen LogP contribution in [0.5, 0.6) is 0 Å². The number of nitrogens with one attached hydrogen (secondary N) is 1. The number of nitrogens with zero attached hydrogens (tertiary/aromatic N) is 1. The summed E-state index contributed by atoms with van der Waals surface area (Å²) in [5, 5.41) is 3.21. The molecule has 7 heteroatoms. The van der Waals surface area contributed by atoms with E-state index in [-0.39, 0.29) is 18.0 Å². The standard InChI is InChI=1S/C16H26N2O3S2/c1-13-11-18(12-14(2)21-13)23(19,20)9-8-17-10-15-4-6-16(22-3)7-5-15/h4-7,13-14,17H,8-12H2,1-3H3. The van der Waals surface area contributed by atoms with Gasteiger partial charge in [0.2, 0.25) is 10.0 Å². The van der Waals surface area contributed by atoms with E-state index in [4.69, 9.17) is 4.74 Å². The summed E-state index contributed by atoms with van der Waals surface area (Å²) >= 11 is 1.71. The molecule has 1 aliphatic heterocycles. The van der Waals surface area contributed by atoms with Crippen molar-refractivity contribution in [3.63, 3.8) is 0 Å². The summed E-state index contributed by atoms with van der Waals surface area (Å²) in [6.45, 7) is 5.85. The second-order valence-corrected chi connectivity index (χ2v) is 8.88. The molecule has 23 heavy (non-hydrogen) atoms. The Labute approximate surface area is 143 Å². The number of benzene rings is 1. The molecular formula is C16H26N2O3S2. The lowest BCUT2D eigenvalue weighted by Gasteiger charge is -2.34. The molecule has 1 heterocycles. The van der Waals surface area contributed by atoms with Gasteiger partial charge in [-0.25, -0.2) is 8.42 Å². The van der Waals surface area contributed by atoms with Crippen LogP contribution in [0.1, 0.15) is 19.4 Å². The molecular weight excluding hydrogens is 332 g/mol. The van der Waals surface area contributed by atoms with Crippen LogP contribution in [-0.2, 0) is 21.3 Å². The van der Waals surface area contributed by atoms with Crippen molar-refractivity contribution >= 4 is 21.8 Å². The predicted molar refractivity (Wildman–Crippen MR) is 95.3 cm³/mol. The molecule has 2 atom stereocenters. The van der Waals surface area contributed by atoms with E-state index >= 15 is 0 Å². The molecule has 5 nitrogen and oxygen atoms in total. The van der Waals surface area contributed by atoms with E-state index in [9.17, 15) is 8.42 Å². The normalized spacial score (nSPS) is 23.1. The van der Waals surface area contributed by atoms with Gasteiger partial charge >= 0.3 is 0 Å². The molecule has 1 fully saturated rings. The first kappa shape index (κ1) is 18.7. The van der Waals surface area contributed by atoms with Crippen LogP contribution in [0.3, 0.4) is 0 Å². The lowest BCUT2D eigenvalue weighted by Crippen LogP contribution is -2.49. The van der Waals surface area contributed by atoms with Crippen LogP contribution in [0.25, 0.3) is 0 Å². The first-order valence-corrected chi connectivity index (χ1v) is 10.7. The summed E-state index contributed by atoms with van der Waals surface area (Å²) in [6, 6.07) is 8.29. The fourth-order valence-electron chi connectivity index (χ4n) is 2.66. The lowest BCUT2D eigenvalue weighted by molar-refractivity contribution is -0.0440. The first-order chi connectivity index (χ1) is 10.9. The fourth-order valence-corrected chi connectivity index (χ4v) is 4.61. The molecule has 0 radical (unpaired) electrons. The largest absolute Gasteiger partial charge is 0.373 e. The van der Waals surface area contributed by atoms with Crippen molar-refractivity contribution in [2.24, 2.45) is 0 Å². The molecule has 1 aromatic carbocycles. The van der Waals surface area contributed by atoms with Crippen molar-refractivity contribution in [3.05, 3.63) is 29.8 Å². The molecule has 130 valence electrons. The van der Waals surface area contributed by atoms with E-state index < -0.39 is 10.0 Å². The maximum absolute atomic E-state index is 12.4. The highest BCUT2D eigenvalue weighted by atomic mass is 32.2. The van der Waals surface area contributed by atoms with Gasteiger partial charge in [0.25, 0.3) is 0 Å². The van der Waals surface area contributed by atoms with Gasteiger partial charge in [-0.15, -0.1) is 11.8 Å². The zero-order chi connectivity index (χ0) is 16.9. The Bertz CT molecular complexity index is 580. The molecule has 0 saturated carbocycles. The topological polar surface area (TPSA) is 58.6 Å². The van der Waals surface area contributed by atoms with Crippen LogP contribution in [0, 0.1) is 0 Å². The summed E-state index contributed by atoms with van der Waals surface area (Å²) < 4.78 is 31.9. The monoisotopic (exact) mass is 358 g/mol. The Morgan fingerprint density at radius 1 is 1.22 bits per heavy atom. The highest BCUT2D eigenvalue weighted by molar-refractivity contribution is 7.98. The minimum Gasteiger partial charge on any atom is -0.373 e. The van der Waals surface area contributed by atoms with Gasteiger partial charge in [-0.1, -0.05) is 12.1 Å². The molecule has 2 unspecified atom stereocenters. The molecule has 1 N–H and O–H groups in total. The Hall–Kier alpha value is -0.600. The number of rotatable bonds is 7. The lowest BCUT2D eigenvalue weighted by atomic mass is 10.2. The molecule has 0 amide bonds. The second kappa shape index (κ2) is 8.48. The van der Waals surface area contributed by atoms with Crippen LogP contribution in [0.4, 0.5) is 0 Å². The van der Waals surface area contributed by atoms with Gasteiger partial charge in [0, 0.05) is 31.1 Å². The fraction of sp³-hybridized carbons (Fsp3) is 0.625. The molecule has 0 aromatic heterocycles. The van der Waals surface area contributed by atoms with Gasteiger partial charge in [0.05, 0.1) is 18.0 Å². The van der Waals surface area contributed by atoms with E-state index in [1.54, 1.807) is 16.1 Å². The van der Waals surface area contributed by atoms with Crippen molar-refractivity contribution in [2.75, 3.05) is 31.6 Å². The molecule has 0 spiro atoms. The van der Waals surface area contributed by atoms with Crippen molar-refractivity contribution < 1.29 is 13.2 Å². The van der Waals surface area contributed by atoms with Gasteiger partial charge in [0.1, 0.15) is 0 Å². The third kappa shape index (κ3) is 5.76. The Morgan fingerprint density at radius 2 is 1.83 bits per heavy atom. The number of hydrogen-bond acceptors (Lipinski definition) is 5. The summed E-state index contributed by atoms with van der Waals surface area (Å²) in [5.41, 5.74) is 1.16. The van der Waals surface area contributed by atoms with E-state index in [1.807, 2.05) is 20.1 Å². The van der Waals surface area contributed by atoms with Gasteiger partial charge < -0.3 is 10.1 Å². The van der Waals surface area contributed by atoms with Crippen LogP contribution in [0.15, 0.2) is 29.2 Å². The minimum absolute atomic E-state index is 0.0450. The Balaban J connectivity index is 1.78. The highest BCUT2D eigenvalue weighted by Crippen LogP contribution is 2.15. The predicted octanol–water partition coefficient (Wildman–Crippen LogP) is 1.94. The van der Waals surface area contributed by atoms with Gasteiger partial charge in [0.15, 0.2) is 0 Å². The zero-order valence-electron chi connectivity index (χ0n) is 14.0. The molecule has 1 aromatic rings. The number of thioether (sulfide) groups is 1. The van der Waals surface area contributed by atoms with E-state index in [0.29, 0.717) is 26.2 Å². The maximum atomic E-state index is 12.4. The van der Waals surface area contributed by atoms with Gasteiger partial charge in [-0.05, 0) is 37.8 Å². The molecule has 1 saturated heterocycles. The molecule has 2 rings (SSSR count). The average Bonchev–Trinajstić information content (AvgIpc) is 2.51. The van der Waals surface area contributed by atoms with Crippen molar-refractivity contribution in [2.45, 2.75) is 37.5 Å². The zero-order valence-corrected chi connectivity index (χ0v) is 15.6. The van der Waals surface area contributed by atoms with E-state index in [2.05, 4.69) is 29.6 Å². The van der Waals surface area contributed by atoms with E-state index in [1.165, 1.54) is 4.90 Å². The quantitative estimate of drug-likeness (QED) is 0.596. The van der Waals surface area contributed by atoms with Crippen molar-refractivity contribution in [3.8, 4) is 0 Å². The third-order valence-electron chi connectivity index (χ3n) is 3.80. The smallest absolute Gasteiger partial charge is 0.215 e. The molecule has 1 aliphatic rings. The summed E-state index contributed by atoms with van der Waals surface area (Å²) in [6.07, 6.45) is 1.96.